The Bertz CT molecular complexity index is 1020. The molecule has 1 aliphatic heterocycles. The highest BCUT2D eigenvalue weighted by Gasteiger charge is 2.61. The quantitative estimate of drug-likeness (QED) is 0.594. The largest absolute Gasteiger partial charge is 0.468 e. The van der Waals surface area contributed by atoms with Crippen LogP contribution in [0.1, 0.15) is 24.6 Å². The summed E-state index contributed by atoms with van der Waals surface area (Å²) in [6, 6.07) is 10.8. The summed E-state index contributed by atoms with van der Waals surface area (Å²) < 4.78 is 17.0. The minimum absolute atomic E-state index is 0.0620. The third-order valence-electron chi connectivity index (χ3n) is 4.70. The Morgan fingerprint density at radius 1 is 1.24 bits per heavy atom. The lowest BCUT2D eigenvalue weighted by molar-refractivity contribution is -0.160. The van der Waals surface area contributed by atoms with Crippen LogP contribution in [-0.4, -0.2) is 35.9 Å². The number of carbonyl (C=O) groups excluding carboxylic acids is 2. The first kappa shape index (κ1) is 19.9. The highest BCUT2D eigenvalue weighted by Crippen LogP contribution is 2.47. The molecule has 0 fully saturated rings. The van der Waals surface area contributed by atoms with Crippen LogP contribution < -0.4 is 10.5 Å². The van der Waals surface area contributed by atoms with Gasteiger partial charge in [-0.2, -0.15) is 10.4 Å². The molecule has 0 atom stereocenters. The molecule has 0 spiro atoms. The first-order valence-corrected chi connectivity index (χ1v) is 8.90. The van der Waals surface area contributed by atoms with Crippen molar-refractivity contribution in [1.29, 1.82) is 5.26 Å². The Labute approximate surface area is 167 Å². The van der Waals surface area contributed by atoms with Gasteiger partial charge in [-0.1, -0.05) is 31.5 Å². The van der Waals surface area contributed by atoms with Gasteiger partial charge < -0.3 is 19.9 Å². The summed E-state index contributed by atoms with van der Waals surface area (Å²) in [6.45, 7) is 1.92. The molecule has 0 radical (unpaired) electrons. The first-order chi connectivity index (χ1) is 14.0. The van der Waals surface area contributed by atoms with Gasteiger partial charge in [-0.05, 0) is 18.6 Å². The van der Waals surface area contributed by atoms with Crippen LogP contribution in [0.15, 0.2) is 41.8 Å². The normalized spacial score (nSPS) is 14.4. The monoisotopic (exact) mass is 396 g/mol. The van der Waals surface area contributed by atoms with Gasteiger partial charge in [0.05, 0.1) is 31.2 Å². The summed E-state index contributed by atoms with van der Waals surface area (Å²) >= 11 is 0. The molecule has 9 heteroatoms. The number of methoxy groups -OCH3 is 2. The van der Waals surface area contributed by atoms with Crippen LogP contribution in [0.25, 0.3) is 5.69 Å². The van der Waals surface area contributed by atoms with Crippen LogP contribution in [0.3, 0.4) is 0 Å². The van der Waals surface area contributed by atoms with E-state index in [1.54, 1.807) is 24.3 Å². The van der Waals surface area contributed by atoms with Gasteiger partial charge >= 0.3 is 11.9 Å². The summed E-state index contributed by atoms with van der Waals surface area (Å²) in [6.07, 6.45) is 1.08. The van der Waals surface area contributed by atoms with E-state index in [1.165, 1.54) is 4.68 Å². The smallest absolute Gasteiger partial charge is 0.333 e. The number of esters is 2. The van der Waals surface area contributed by atoms with Gasteiger partial charge in [-0.3, -0.25) is 9.59 Å². The summed E-state index contributed by atoms with van der Waals surface area (Å²) in [5, 5.41) is 14.3. The van der Waals surface area contributed by atoms with Crippen LogP contribution in [0.4, 0.5) is 0 Å². The fraction of sp³-hybridized carbons (Fsp3) is 0.300. The van der Waals surface area contributed by atoms with Gasteiger partial charge in [0, 0.05) is 0 Å². The van der Waals surface area contributed by atoms with Crippen molar-refractivity contribution in [2.45, 2.75) is 25.2 Å². The maximum atomic E-state index is 13.0. The Kier molecular flexibility index (Phi) is 5.28. The Morgan fingerprint density at radius 3 is 2.38 bits per heavy atom. The summed E-state index contributed by atoms with van der Waals surface area (Å²) in [7, 11) is 2.24. The number of para-hydroxylation sites is 1. The molecule has 2 N–H and O–H groups in total. The zero-order chi connectivity index (χ0) is 21.2. The lowest BCUT2D eigenvalue weighted by atomic mass is 9.72. The molecule has 3 rings (SSSR count). The van der Waals surface area contributed by atoms with Gasteiger partial charge in [-0.15, -0.1) is 0 Å². The third-order valence-corrected chi connectivity index (χ3v) is 4.70. The second-order valence-electron chi connectivity index (χ2n) is 6.31. The summed E-state index contributed by atoms with van der Waals surface area (Å²) in [4.78, 5) is 26.0. The van der Waals surface area contributed by atoms with Crippen LogP contribution in [0, 0.1) is 11.3 Å². The molecule has 1 aliphatic rings. The fourth-order valence-corrected chi connectivity index (χ4v) is 3.47. The molecule has 0 saturated heterocycles. The number of nitrogens with zero attached hydrogens (tertiary/aromatic N) is 3. The van der Waals surface area contributed by atoms with E-state index in [0.717, 1.165) is 14.2 Å². The number of ether oxygens (including phenoxy) is 3. The molecule has 1 aromatic carbocycles. The molecule has 2 aromatic rings. The number of nitriles is 1. The number of fused-ring (bicyclic) bond motifs is 1. The average molecular weight is 396 g/mol. The van der Waals surface area contributed by atoms with E-state index < -0.39 is 28.8 Å². The zero-order valence-electron chi connectivity index (χ0n) is 16.3. The Morgan fingerprint density at radius 2 is 1.86 bits per heavy atom. The van der Waals surface area contributed by atoms with E-state index in [9.17, 15) is 14.9 Å². The van der Waals surface area contributed by atoms with Crippen molar-refractivity contribution in [3.63, 3.8) is 0 Å². The standard InChI is InChI=1S/C20H20N4O5/c1-4-8-14-15-17(24(23-14)12-9-6-5-7-10-12)29-16(22)13(11-21)20(15,18(25)27-2)19(26)28-3/h5-7,9-10H,4,8,22H2,1-3H3. The summed E-state index contributed by atoms with van der Waals surface area (Å²) in [5.41, 5.74) is 4.49. The van der Waals surface area contributed by atoms with E-state index in [2.05, 4.69) is 5.10 Å². The predicted octanol–water partition coefficient (Wildman–Crippen LogP) is 1.49. The van der Waals surface area contributed by atoms with Gasteiger partial charge in [0.1, 0.15) is 11.6 Å². The fourth-order valence-electron chi connectivity index (χ4n) is 3.47. The number of aryl methyl sites for hydroxylation is 1. The van der Waals surface area contributed by atoms with Crippen LogP contribution in [-0.2, 0) is 30.9 Å². The number of hydrogen-bond donors (Lipinski definition) is 1. The highest BCUT2D eigenvalue weighted by atomic mass is 16.5. The van der Waals surface area contributed by atoms with Gasteiger partial charge in [0.2, 0.25) is 17.2 Å². The number of hydrogen-bond acceptors (Lipinski definition) is 8. The van der Waals surface area contributed by atoms with E-state index in [-0.39, 0.29) is 11.4 Å². The van der Waals surface area contributed by atoms with Crippen molar-refractivity contribution in [2.75, 3.05) is 14.2 Å². The van der Waals surface area contributed by atoms with Crippen LogP contribution in [0.5, 0.6) is 5.88 Å². The van der Waals surface area contributed by atoms with E-state index in [4.69, 9.17) is 19.9 Å². The number of rotatable bonds is 5. The predicted molar refractivity (Wildman–Crippen MR) is 101 cm³/mol. The van der Waals surface area contributed by atoms with Crippen LogP contribution >= 0.6 is 0 Å². The molecule has 0 saturated carbocycles. The zero-order valence-corrected chi connectivity index (χ0v) is 16.3. The number of nitrogens with two attached hydrogens (primary N) is 1. The second kappa shape index (κ2) is 7.67. The maximum Gasteiger partial charge on any atom is 0.333 e. The minimum Gasteiger partial charge on any atom is -0.468 e. The van der Waals surface area contributed by atoms with Crippen molar-refractivity contribution in [2.24, 2.45) is 5.73 Å². The molecule has 0 bridgehead atoms. The molecule has 29 heavy (non-hydrogen) atoms. The first-order valence-electron chi connectivity index (χ1n) is 8.90. The highest BCUT2D eigenvalue weighted by molar-refractivity contribution is 6.12. The minimum atomic E-state index is -2.23. The van der Waals surface area contributed by atoms with Gasteiger partial charge in [0.15, 0.2) is 0 Å². The molecule has 0 amide bonds. The second-order valence-corrected chi connectivity index (χ2v) is 6.31. The van der Waals surface area contributed by atoms with Crippen molar-refractivity contribution in [3.05, 3.63) is 53.0 Å². The molecular formula is C20H20N4O5. The molecule has 0 unspecified atom stereocenters. The van der Waals surface area contributed by atoms with Crippen LogP contribution in [0.2, 0.25) is 0 Å². The molecule has 150 valence electrons. The third kappa shape index (κ3) is 2.81. The van der Waals surface area contributed by atoms with Gasteiger partial charge in [-0.25, -0.2) is 4.68 Å². The van der Waals surface area contributed by atoms with Gasteiger partial charge in [0.25, 0.3) is 0 Å². The molecule has 9 nitrogen and oxygen atoms in total. The van der Waals surface area contributed by atoms with Crippen molar-refractivity contribution in [3.8, 4) is 17.6 Å². The number of carbonyl (C=O) groups is 2. The average Bonchev–Trinajstić information content (AvgIpc) is 3.10. The number of benzene rings is 1. The lowest BCUT2D eigenvalue weighted by Crippen LogP contribution is -2.50. The van der Waals surface area contributed by atoms with E-state index in [1.807, 2.05) is 19.1 Å². The Hall–Kier alpha value is -3.80. The van der Waals surface area contributed by atoms with Crippen molar-refractivity contribution in [1.82, 2.24) is 9.78 Å². The van der Waals surface area contributed by atoms with E-state index in [0.29, 0.717) is 24.2 Å². The molecular weight excluding hydrogens is 376 g/mol. The Balaban J connectivity index is 2.46. The number of aromatic nitrogens is 2. The summed E-state index contributed by atoms with van der Waals surface area (Å²) in [5.74, 6) is -2.33. The molecule has 1 aromatic heterocycles. The van der Waals surface area contributed by atoms with Crippen molar-refractivity contribution < 1.29 is 23.8 Å². The van der Waals surface area contributed by atoms with Crippen molar-refractivity contribution >= 4 is 11.9 Å². The molecule has 0 aliphatic carbocycles. The topological polar surface area (TPSA) is 129 Å². The lowest BCUT2D eigenvalue weighted by Gasteiger charge is -2.32. The van der Waals surface area contributed by atoms with E-state index >= 15 is 0 Å². The maximum absolute atomic E-state index is 13.0. The molecule has 2 heterocycles. The SMILES string of the molecule is CCCc1nn(-c2ccccc2)c2c1C(C(=O)OC)(C(=O)OC)C(C#N)=C(N)O2.